The molecule has 7 atom stereocenters. The van der Waals surface area contributed by atoms with Crippen LogP contribution in [0.25, 0.3) is 11.2 Å². The number of hydrogen-bond donors (Lipinski definition) is 3. The van der Waals surface area contributed by atoms with Crippen LogP contribution < -0.4 is 10.1 Å². The molecule has 2 saturated heterocycles. The summed E-state index contributed by atoms with van der Waals surface area (Å²) in [6.07, 6.45) is 0.818. The van der Waals surface area contributed by atoms with Crippen LogP contribution in [-0.4, -0.2) is 71.4 Å². The fourth-order valence-corrected chi connectivity index (χ4v) is 6.26. The Morgan fingerprint density at radius 3 is 2.95 bits per heavy atom. The van der Waals surface area contributed by atoms with Crippen LogP contribution in [-0.2, 0) is 20.6 Å². The summed E-state index contributed by atoms with van der Waals surface area (Å²) >= 11 is 6.55. The number of anilines is 1. The first-order chi connectivity index (χ1) is 18.0. The molecular formula is C26H28ClFN4O5. The van der Waals surface area contributed by atoms with Crippen LogP contribution in [0.15, 0.2) is 18.2 Å². The average molecular weight is 531 g/mol. The summed E-state index contributed by atoms with van der Waals surface area (Å²) in [5, 5.41) is 13.7. The van der Waals surface area contributed by atoms with Gasteiger partial charge in [-0.15, -0.1) is 0 Å². The number of rotatable bonds is 7. The molecule has 1 saturated carbocycles. The summed E-state index contributed by atoms with van der Waals surface area (Å²) in [6.45, 7) is 1.24. The number of aliphatic hydroxyl groups excluding tert-OH is 1. The molecule has 0 radical (unpaired) electrons. The highest BCUT2D eigenvalue weighted by Gasteiger charge is 2.48. The third-order valence-electron chi connectivity index (χ3n) is 7.98. The van der Waals surface area contributed by atoms with Crippen molar-refractivity contribution in [3.05, 3.63) is 45.7 Å². The molecule has 3 N–H and O–H groups in total. The zero-order valence-electron chi connectivity index (χ0n) is 20.2. The van der Waals surface area contributed by atoms with Gasteiger partial charge in [0.2, 0.25) is 0 Å². The van der Waals surface area contributed by atoms with Gasteiger partial charge in [-0.25, -0.2) is 9.37 Å². The van der Waals surface area contributed by atoms with Gasteiger partial charge in [0.1, 0.15) is 29.9 Å². The van der Waals surface area contributed by atoms with E-state index in [2.05, 4.69) is 26.3 Å². The maximum absolute atomic E-state index is 15.3. The van der Waals surface area contributed by atoms with Crippen LogP contribution in [0.1, 0.15) is 41.5 Å². The fourth-order valence-electron chi connectivity index (χ4n) is 6.06. The Kier molecular flexibility index (Phi) is 5.78. The Labute approximate surface area is 217 Å². The lowest BCUT2D eigenvalue weighted by molar-refractivity contribution is 0.00706. The second-order valence-electron chi connectivity index (χ2n) is 10.4. The molecule has 1 aromatic carbocycles. The minimum absolute atomic E-state index is 0.186. The summed E-state index contributed by atoms with van der Waals surface area (Å²) in [5.41, 5.74) is 3.84. The van der Waals surface area contributed by atoms with Crippen LogP contribution in [0.4, 0.5) is 10.2 Å². The molecule has 4 heterocycles. The Morgan fingerprint density at radius 1 is 1.22 bits per heavy atom. The van der Waals surface area contributed by atoms with Crippen LogP contribution in [0, 0.1) is 11.7 Å². The number of hydrogen-bond acceptors (Lipinski definition) is 8. The minimum Gasteiger partial charge on any atom is -0.456 e. The number of nitrogens with zero attached hydrogens (tertiary/aromatic N) is 2. The third-order valence-corrected chi connectivity index (χ3v) is 8.27. The molecule has 0 amide bonds. The maximum Gasteiger partial charge on any atom is 0.296 e. The normalized spacial score (nSPS) is 32.1. The quantitative estimate of drug-likeness (QED) is 0.426. The van der Waals surface area contributed by atoms with Crippen molar-refractivity contribution in [2.75, 3.05) is 32.2 Å². The van der Waals surface area contributed by atoms with E-state index >= 15 is 4.39 Å². The molecule has 11 heteroatoms. The van der Waals surface area contributed by atoms with E-state index in [1.165, 1.54) is 0 Å². The standard InChI is InChI=1S/C26H28ClFN4O5/c1-34-8-13-5-14(13)12-4-11-2-3-17(21(11)16(28)6-12)29-24-15(27)7-18-25(31-24)32-26(30-18)37-20-10-36-22-19(33)9-35-23(20)22/h4,6-7,13-14,17,19-20,22-23,33H,2-3,5,8-10H2,1H3,(H2,29,30,31,32)/t13?,14?,17-,19+,20+,22?,23+/m0/s1. The van der Waals surface area contributed by atoms with E-state index in [1.807, 2.05) is 0 Å². The number of halogens is 2. The van der Waals surface area contributed by atoms with Crippen molar-refractivity contribution < 1.29 is 28.4 Å². The second-order valence-corrected chi connectivity index (χ2v) is 10.8. The largest absolute Gasteiger partial charge is 0.456 e. The number of nitrogens with one attached hydrogen (secondary N) is 2. The molecule has 0 spiro atoms. The molecule has 196 valence electrons. The zero-order chi connectivity index (χ0) is 25.3. The summed E-state index contributed by atoms with van der Waals surface area (Å²) < 4.78 is 37.7. The smallest absolute Gasteiger partial charge is 0.296 e. The number of methoxy groups -OCH3 is 1. The van der Waals surface area contributed by atoms with E-state index in [9.17, 15) is 5.11 Å². The van der Waals surface area contributed by atoms with E-state index in [4.69, 9.17) is 30.5 Å². The van der Waals surface area contributed by atoms with E-state index in [0.717, 1.165) is 30.4 Å². The molecule has 3 unspecified atom stereocenters. The first-order valence-corrected chi connectivity index (χ1v) is 13.1. The first-order valence-electron chi connectivity index (χ1n) is 12.7. The molecule has 2 aliphatic carbocycles. The van der Waals surface area contributed by atoms with Gasteiger partial charge >= 0.3 is 0 Å². The van der Waals surface area contributed by atoms with Gasteiger partial charge in [0, 0.05) is 19.3 Å². The van der Waals surface area contributed by atoms with E-state index in [0.29, 0.717) is 52.6 Å². The van der Waals surface area contributed by atoms with Gasteiger partial charge in [-0.3, -0.25) is 0 Å². The molecule has 0 bridgehead atoms. The SMILES string of the molecule is COCC1CC1c1cc(F)c2c(c1)CC[C@@H]2Nc1nc2nc(O[C@@H]3COC4[C@H](O)CO[C@@H]43)[nH]c2cc1Cl. The number of aliphatic hydroxyl groups is 1. The number of pyridine rings is 1. The molecule has 3 aromatic rings. The minimum atomic E-state index is -0.651. The predicted octanol–water partition coefficient (Wildman–Crippen LogP) is 3.51. The topological polar surface area (TPSA) is 111 Å². The van der Waals surface area contributed by atoms with Crippen molar-refractivity contribution in [2.45, 2.75) is 55.6 Å². The average Bonchev–Trinajstić information content (AvgIpc) is 3.20. The summed E-state index contributed by atoms with van der Waals surface area (Å²) in [6, 6.07) is 5.60. The Hall–Kier alpha value is -2.50. The highest BCUT2D eigenvalue weighted by atomic mass is 35.5. The van der Waals surface area contributed by atoms with Crippen LogP contribution in [0.3, 0.4) is 0 Å². The summed E-state index contributed by atoms with van der Waals surface area (Å²) in [4.78, 5) is 12.1. The Morgan fingerprint density at radius 2 is 2.08 bits per heavy atom. The first kappa shape index (κ1) is 23.6. The number of imidazole rings is 1. The van der Waals surface area contributed by atoms with E-state index in [-0.39, 0.29) is 42.8 Å². The lowest BCUT2D eigenvalue weighted by Crippen LogP contribution is -2.34. The van der Waals surface area contributed by atoms with Crippen molar-refractivity contribution in [2.24, 2.45) is 5.92 Å². The van der Waals surface area contributed by atoms with Gasteiger partial charge in [0.05, 0.1) is 29.8 Å². The van der Waals surface area contributed by atoms with Gasteiger partial charge in [-0.05, 0) is 54.4 Å². The van der Waals surface area contributed by atoms with Crippen molar-refractivity contribution in [1.82, 2.24) is 15.0 Å². The maximum atomic E-state index is 15.3. The van der Waals surface area contributed by atoms with Crippen molar-refractivity contribution in [3.8, 4) is 6.01 Å². The number of fused-ring (bicyclic) bond motifs is 3. The summed E-state index contributed by atoms with van der Waals surface area (Å²) in [7, 11) is 1.71. The van der Waals surface area contributed by atoms with Crippen LogP contribution in [0.2, 0.25) is 5.02 Å². The number of aryl methyl sites for hydroxylation is 1. The molecule has 3 fully saturated rings. The molecule has 4 aliphatic rings. The van der Waals surface area contributed by atoms with Crippen molar-refractivity contribution in [1.29, 1.82) is 0 Å². The molecule has 2 aromatic heterocycles. The monoisotopic (exact) mass is 530 g/mol. The lowest BCUT2D eigenvalue weighted by Gasteiger charge is -2.17. The lowest BCUT2D eigenvalue weighted by atomic mass is 10.0. The van der Waals surface area contributed by atoms with Gasteiger partial charge < -0.3 is 34.4 Å². The second kappa shape index (κ2) is 9.06. The van der Waals surface area contributed by atoms with E-state index in [1.54, 1.807) is 19.2 Å². The highest BCUT2D eigenvalue weighted by molar-refractivity contribution is 6.33. The van der Waals surface area contributed by atoms with Gasteiger partial charge in [0.15, 0.2) is 11.8 Å². The number of aromatic nitrogens is 3. The van der Waals surface area contributed by atoms with Crippen molar-refractivity contribution >= 4 is 28.6 Å². The fraction of sp³-hybridized carbons (Fsp3) is 0.538. The van der Waals surface area contributed by atoms with Gasteiger partial charge in [-0.2, -0.15) is 4.98 Å². The Bertz CT molecular complexity index is 1350. The van der Waals surface area contributed by atoms with Gasteiger partial charge in [0.25, 0.3) is 6.01 Å². The number of ether oxygens (including phenoxy) is 4. The van der Waals surface area contributed by atoms with Crippen LogP contribution >= 0.6 is 11.6 Å². The van der Waals surface area contributed by atoms with Crippen LogP contribution in [0.5, 0.6) is 6.01 Å². The van der Waals surface area contributed by atoms with Gasteiger partial charge in [-0.1, -0.05) is 17.7 Å². The zero-order valence-corrected chi connectivity index (χ0v) is 21.0. The third kappa shape index (κ3) is 4.15. The molecule has 37 heavy (non-hydrogen) atoms. The highest BCUT2D eigenvalue weighted by Crippen LogP contribution is 2.49. The molecule has 2 aliphatic heterocycles. The summed E-state index contributed by atoms with van der Waals surface area (Å²) in [5.74, 6) is 1.13. The molecular weight excluding hydrogens is 503 g/mol. The molecule has 9 nitrogen and oxygen atoms in total. The molecule has 7 rings (SSSR count). The van der Waals surface area contributed by atoms with Crippen molar-refractivity contribution in [3.63, 3.8) is 0 Å². The predicted molar refractivity (Wildman–Crippen MR) is 133 cm³/mol. The number of benzene rings is 1. The Balaban J connectivity index is 1.09. The van der Waals surface area contributed by atoms with E-state index < -0.39 is 6.10 Å². The number of H-pyrrole nitrogens is 1. The number of aromatic amines is 1.